The summed E-state index contributed by atoms with van der Waals surface area (Å²) in [4.78, 5) is 11.9. The van der Waals surface area contributed by atoms with E-state index in [-0.39, 0.29) is 11.7 Å². The number of furan rings is 1. The molecule has 6 nitrogen and oxygen atoms in total. The van der Waals surface area contributed by atoms with Gasteiger partial charge in [-0.05, 0) is 30.3 Å². The van der Waals surface area contributed by atoms with Crippen molar-refractivity contribution in [2.24, 2.45) is 0 Å². The van der Waals surface area contributed by atoms with Crippen molar-refractivity contribution in [2.45, 2.75) is 0 Å². The summed E-state index contributed by atoms with van der Waals surface area (Å²) >= 11 is 6.15. The SMILES string of the molecule is O=C(Nc1ccc(-n2cnnc2)cc1Cl)c1ccco1. The third-order valence-electron chi connectivity index (χ3n) is 2.66. The fourth-order valence-electron chi connectivity index (χ4n) is 1.69. The lowest BCUT2D eigenvalue weighted by Gasteiger charge is -2.08. The van der Waals surface area contributed by atoms with Crippen LogP contribution in [0, 0.1) is 0 Å². The quantitative estimate of drug-likeness (QED) is 0.804. The molecule has 0 bridgehead atoms. The van der Waals surface area contributed by atoms with E-state index in [0.29, 0.717) is 10.7 Å². The molecule has 100 valence electrons. The molecular weight excluding hydrogens is 280 g/mol. The Hall–Kier alpha value is -2.60. The second kappa shape index (κ2) is 5.18. The topological polar surface area (TPSA) is 73.0 Å². The van der Waals surface area contributed by atoms with Gasteiger partial charge in [0, 0.05) is 5.69 Å². The number of nitrogens with one attached hydrogen (secondary N) is 1. The molecule has 0 unspecified atom stereocenters. The van der Waals surface area contributed by atoms with E-state index in [1.807, 2.05) is 0 Å². The van der Waals surface area contributed by atoms with Gasteiger partial charge in [0.2, 0.25) is 0 Å². The van der Waals surface area contributed by atoms with Crippen LogP contribution in [0.15, 0.2) is 53.7 Å². The predicted octanol–water partition coefficient (Wildman–Crippen LogP) is 2.77. The summed E-state index contributed by atoms with van der Waals surface area (Å²) < 4.78 is 6.73. The van der Waals surface area contributed by atoms with Crippen molar-refractivity contribution in [2.75, 3.05) is 5.32 Å². The summed E-state index contributed by atoms with van der Waals surface area (Å²) in [6.45, 7) is 0. The van der Waals surface area contributed by atoms with Crippen LogP contribution >= 0.6 is 11.6 Å². The predicted molar refractivity (Wildman–Crippen MR) is 73.0 cm³/mol. The fraction of sp³-hybridized carbons (Fsp3) is 0. The number of nitrogens with zero attached hydrogens (tertiary/aromatic N) is 3. The van der Waals surface area contributed by atoms with E-state index in [9.17, 15) is 4.79 Å². The summed E-state index contributed by atoms with van der Waals surface area (Å²) in [5, 5.41) is 10.5. The van der Waals surface area contributed by atoms with Crippen molar-refractivity contribution < 1.29 is 9.21 Å². The highest BCUT2D eigenvalue weighted by atomic mass is 35.5. The summed E-state index contributed by atoms with van der Waals surface area (Å²) in [7, 11) is 0. The fourth-order valence-corrected chi connectivity index (χ4v) is 1.91. The van der Waals surface area contributed by atoms with Crippen molar-refractivity contribution in [1.82, 2.24) is 14.8 Å². The van der Waals surface area contributed by atoms with Crippen LogP contribution in [0.25, 0.3) is 5.69 Å². The highest BCUT2D eigenvalue weighted by Gasteiger charge is 2.11. The molecule has 0 saturated heterocycles. The van der Waals surface area contributed by atoms with Gasteiger partial charge in [-0.15, -0.1) is 10.2 Å². The van der Waals surface area contributed by atoms with Crippen molar-refractivity contribution >= 4 is 23.2 Å². The second-order valence-electron chi connectivity index (χ2n) is 3.96. The van der Waals surface area contributed by atoms with E-state index in [2.05, 4.69) is 15.5 Å². The monoisotopic (exact) mass is 288 g/mol. The molecule has 0 radical (unpaired) electrons. The smallest absolute Gasteiger partial charge is 0.291 e. The number of halogens is 1. The van der Waals surface area contributed by atoms with Gasteiger partial charge in [-0.2, -0.15) is 0 Å². The molecule has 0 aliphatic heterocycles. The average molecular weight is 289 g/mol. The second-order valence-corrected chi connectivity index (χ2v) is 4.37. The molecule has 1 aromatic carbocycles. The maximum atomic E-state index is 11.9. The zero-order valence-corrected chi connectivity index (χ0v) is 10.9. The Kier molecular flexibility index (Phi) is 3.22. The third kappa shape index (κ3) is 2.41. The number of rotatable bonds is 3. The molecular formula is C13H9ClN4O2. The molecule has 2 heterocycles. The molecule has 0 aliphatic rings. The Morgan fingerprint density at radius 1 is 1.25 bits per heavy atom. The third-order valence-corrected chi connectivity index (χ3v) is 2.98. The van der Waals surface area contributed by atoms with Crippen molar-refractivity contribution in [3.63, 3.8) is 0 Å². The van der Waals surface area contributed by atoms with Gasteiger partial charge in [0.25, 0.3) is 5.91 Å². The van der Waals surface area contributed by atoms with Gasteiger partial charge in [0.05, 0.1) is 17.0 Å². The first-order valence-corrected chi connectivity index (χ1v) is 6.11. The summed E-state index contributed by atoms with van der Waals surface area (Å²) in [6, 6.07) is 8.44. The zero-order chi connectivity index (χ0) is 13.9. The van der Waals surface area contributed by atoms with Gasteiger partial charge in [-0.25, -0.2) is 0 Å². The Morgan fingerprint density at radius 3 is 2.70 bits per heavy atom. The average Bonchev–Trinajstić information content (AvgIpc) is 3.14. The molecule has 0 saturated carbocycles. The Balaban J connectivity index is 1.83. The first-order valence-electron chi connectivity index (χ1n) is 5.73. The number of carbonyl (C=O) groups is 1. The standard InChI is InChI=1S/C13H9ClN4O2/c14-10-6-9(18-7-15-16-8-18)3-4-11(10)17-13(19)12-2-1-5-20-12/h1-8H,(H,17,19). The number of benzene rings is 1. The van der Waals surface area contributed by atoms with Gasteiger partial charge < -0.3 is 9.73 Å². The van der Waals surface area contributed by atoms with E-state index in [1.165, 1.54) is 6.26 Å². The normalized spacial score (nSPS) is 10.4. The minimum absolute atomic E-state index is 0.226. The van der Waals surface area contributed by atoms with Gasteiger partial charge in [0.15, 0.2) is 5.76 Å². The van der Waals surface area contributed by atoms with Crippen LogP contribution < -0.4 is 5.32 Å². The van der Waals surface area contributed by atoms with Crippen LogP contribution in [-0.2, 0) is 0 Å². The van der Waals surface area contributed by atoms with Crippen LogP contribution in [0.5, 0.6) is 0 Å². The van der Waals surface area contributed by atoms with Crippen molar-refractivity contribution in [3.05, 3.63) is 60.0 Å². The molecule has 20 heavy (non-hydrogen) atoms. The molecule has 3 rings (SSSR count). The molecule has 0 fully saturated rings. The number of carbonyl (C=O) groups excluding carboxylic acids is 1. The zero-order valence-electron chi connectivity index (χ0n) is 10.2. The van der Waals surface area contributed by atoms with E-state index in [4.69, 9.17) is 16.0 Å². The molecule has 3 aromatic rings. The Bertz CT molecular complexity index is 723. The summed E-state index contributed by atoms with van der Waals surface area (Å²) in [5.41, 5.74) is 1.31. The molecule has 1 N–H and O–H groups in total. The van der Waals surface area contributed by atoms with Crippen LogP contribution in [0.3, 0.4) is 0 Å². The lowest BCUT2D eigenvalue weighted by atomic mass is 10.2. The van der Waals surface area contributed by atoms with Gasteiger partial charge in [-0.1, -0.05) is 11.6 Å². The van der Waals surface area contributed by atoms with Crippen LogP contribution in [0.1, 0.15) is 10.6 Å². The van der Waals surface area contributed by atoms with E-state index in [1.54, 1.807) is 47.6 Å². The van der Waals surface area contributed by atoms with Gasteiger partial charge >= 0.3 is 0 Å². The van der Waals surface area contributed by atoms with Crippen molar-refractivity contribution in [3.8, 4) is 5.69 Å². The highest BCUT2D eigenvalue weighted by molar-refractivity contribution is 6.34. The number of hydrogen-bond acceptors (Lipinski definition) is 4. The highest BCUT2D eigenvalue weighted by Crippen LogP contribution is 2.25. The lowest BCUT2D eigenvalue weighted by molar-refractivity contribution is 0.0996. The first kappa shape index (κ1) is 12.4. The van der Waals surface area contributed by atoms with Gasteiger partial charge in [-0.3, -0.25) is 9.36 Å². The Labute approximate surface area is 119 Å². The first-order chi connectivity index (χ1) is 9.74. The maximum absolute atomic E-state index is 11.9. The van der Waals surface area contributed by atoms with E-state index in [0.717, 1.165) is 5.69 Å². The van der Waals surface area contributed by atoms with Crippen LogP contribution in [-0.4, -0.2) is 20.7 Å². The maximum Gasteiger partial charge on any atom is 0.291 e. The molecule has 0 atom stereocenters. The number of amides is 1. The van der Waals surface area contributed by atoms with Crippen LogP contribution in [0.2, 0.25) is 5.02 Å². The van der Waals surface area contributed by atoms with E-state index >= 15 is 0 Å². The number of anilines is 1. The summed E-state index contributed by atoms with van der Waals surface area (Å²) in [6.07, 6.45) is 4.56. The van der Waals surface area contributed by atoms with E-state index < -0.39 is 0 Å². The molecule has 7 heteroatoms. The lowest BCUT2D eigenvalue weighted by Crippen LogP contribution is -2.11. The van der Waals surface area contributed by atoms with Crippen molar-refractivity contribution in [1.29, 1.82) is 0 Å². The largest absolute Gasteiger partial charge is 0.459 e. The number of aromatic nitrogens is 3. The molecule has 2 aromatic heterocycles. The van der Waals surface area contributed by atoms with Crippen LogP contribution in [0.4, 0.5) is 5.69 Å². The molecule has 0 spiro atoms. The van der Waals surface area contributed by atoms with Gasteiger partial charge in [0.1, 0.15) is 12.7 Å². The Morgan fingerprint density at radius 2 is 2.05 bits per heavy atom. The minimum atomic E-state index is -0.353. The molecule has 0 aliphatic carbocycles. The summed E-state index contributed by atoms with van der Waals surface area (Å²) in [5.74, 6) is -0.127. The minimum Gasteiger partial charge on any atom is -0.459 e. The molecule has 1 amide bonds. The number of hydrogen-bond donors (Lipinski definition) is 1.